The average Bonchev–Trinajstić information content (AvgIpc) is 1.94. The van der Waals surface area contributed by atoms with Crippen molar-refractivity contribution in [3.63, 3.8) is 0 Å². The number of ketones is 1. The Balaban J connectivity index is 3.15. The molecule has 0 amide bonds. The van der Waals surface area contributed by atoms with E-state index in [1.807, 2.05) is 18.2 Å². The second kappa shape index (κ2) is 3.67. The van der Waals surface area contributed by atoms with Gasteiger partial charge in [-0.2, -0.15) is 0 Å². The lowest BCUT2D eigenvalue weighted by molar-refractivity contribution is 0.101. The Morgan fingerprint density at radius 2 is 2.18 bits per heavy atom. The molecule has 3 heteroatoms. The van der Waals surface area contributed by atoms with Gasteiger partial charge in [0.05, 0.1) is 0 Å². The van der Waals surface area contributed by atoms with Crippen molar-refractivity contribution < 1.29 is 4.79 Å². The van der Waals surface area contributed by atoms with E-state index in [9.17, 15) is 4.79 Å². The van der Waals surface area contributed by atoms with Crippen LogP contribution in [0.3, 0.4) is 0 Å². The second-order valence-corrected chi connectivity index (χ2v) is 4.20. The summed E-state index contributed by atoms with van der Waals surface area (Å²) in [5, 5.41) is 0. The number of Topliss-reactive ketones (excluding diaryl/α,β-unsaturated/α-hetero) is 1. The van der Waals surface area contributed by atoms with Crippen molar-refractivity contribution >= 4 is 44.3 Å². The first kappa shape index (κ1) is 9.19. The minimum atomic E-state index is 0.107. The molecule has 0 N–H and O–H groups in total. The summed E-state index contributed by atoms with van der Waals surface area (Å²) in [5.41, 5.74) is 0.762. The van der Waals surface area contributed by atoms with Crippen LogP contribution in [0.2, 0.25) is 0 Å². The molecule has 1 aromatic rings. The van der Waals surface area contributed by atoms with Crippen molar-refractivity contribution in [2.75, 3.05) is 0 Å². The predicted octanol–water partition coefficient (Wildman–Crippen LogP) is 3.26. The van der Waals surface area contributed by atoms with Crippen molar-refractivity contribution in [1.29, 1.82) is 0 Å². The normalized spacial score (nSPS) is 9.73. The molecule has 1 rings (SSSR count). The zero-order valence-electron chi connectivity index (χ0n) is 5.90. The lowest BCUT2D eigenvalue weighted by Gasteiger charge is -1.97. The van der Waals surface area contributed by atoms with Gasteiger partial charge in [-0.25, -0.2) is 0 Å². The second-order valence-electron chi connectivity index (χ2n) is 2.19. The van der Waals surface area contributed by atoms with Crippen molar-refractivity contribution in [1.82, 2.24) is 0 Å². The Bertz CT molecular complexity index is 296. The summed E-state index contributed by atoms with van der Waals surface area (Å²) in [6.45, 7) is 1.57. The summed E-state index contributed by atoms with van der Waals surface area (Å²) >= 11 is 5.54. The molecule has 0 aliphatic heterocycles. The van der Waals surface area contributed by atoms with E-state index in [0.29, 0.717) is 0 Å². The van der Waals surface area contributed by atoms with E-state index in [1.165, 1.54) is 0 Å². The summed E-state index contributed by atoms with van der Waals surface area (Å²) in [6.07, 6.45) is 0. The summed E-state index contributed by atoms with van der Waals surface area (Å²) in [5.74, 6) is 0.107. The molecule has 0 heterocycles. The lowest BCUT2D eigenvalue weighted by atomic mass is 10.2. The van der Waals surface area contributed by atoms with E-state index >= 15 is 0 Å². The van der Waals surface area contributed by atoms with Gasteiger partial charge in [0, 0.05) is 13.6 Å². The molecular formula is C8H6BrIO. The molecule has 0 aliphatic carbocycles. The highest BCUT2D eigenvalue weighted by Crippen LogP contribution is 2.20. The first-order chi connectivity index (χ1) is 5.11. The molecule has 58 valence electrons. The van der Waals surface area contributed by atoms with Crippen LogP contribution in [0.15, 0.2) is 22.7 Å². The number of rotatable bonds is 1. The molecule has 0 fully saturated rings. The van der Waals surface area contributed by atoms with Gasteiger partial charge in [-0.15, -0.1) is 0 Å². The summed E-state index contributed by atoms with van der Waals surface area (Å²) in [4.78, 5) is 10.9. The molecule has 0 spiro atoms. The topological polar surface area (TPSA) is 17.1 Å². The molecule has 1 nitrogen and oxygen atoms in total. The van der Waals surface area contributed by atoms with Crippen LogP contribution >= 0.6 is 38.5 Å². The Labute approximate surface area is 87.5 Å². The van der Waals surface area contributed by atoms with Crippen LogP contribution < -0.4 is 0 Å². The van der Waals surface area contributed by atoms with Gasteiger partial charge in [0.25, 0.3) is 0 Å². The Hall–Kier alpha value is 0.1000. The fourth-order valence-corrected chi connectivity index (χ4v) is 1.48. The van der Waals surface area contributed by atoms with Crippen molar-refractivity contribution in [2.24, 2.45) is 0 Å². The van der Waals surface area contributed by atoms with Crippen LogP contribution in [-0.2, 0) is 0 Å². The van der Waals surface area contributed by atoms with Crippen molar-refractivity contribution in [2.45, 2.75) is 6.92 Å². The number of hydrogen-bond acceptors (Lipinski definition) is 1. The molecule has 0 aromatic heterocycles. The Kier molecular flexibility index (Phi) is 3.06. The van der Waals surface area contributed by atoms with Gasteiger partial charge in [0.2, 0.25) is 0 Å². The highest BCUT2D eigenvalue weighted by atomic mass is 127. The SMILES string of the molecule is CC(=O)c1ccc(Br)c(I)c1. The van der Waals surface area contributed by atoms with E-state index in [-0.39, 0.29) is 5.78 Å². The number of halogens is 2. The van der Waals surface area contributed by atoms with Gasteiger partial charge in [-0.3, -0.25) is 4.79 Å². The predicted molar refractivity (Wildman–Crippen MR) is 56.9 cm³/mol. The van der Waals surface area contributed by atoms with Gasteiger partial charge >= 0.3 is 0 Å². The van der Waals surface area contributed by atoms with Crippen LogP contribution in [0, 0.1) is 3.57 Å². The highest BCUT2D eigenvalue weighted by Gasteiger charge is 2.01. The summed E-state index contributed by atoms with van der Waals surface area (Å²) in [6, 6.07) is 5.57. The molecule has 1 aromatic carbocycles. The van der Waals surface area contributed by atoms with Gasteiger partial charge in [-0.1, -0.05) is 6.07 Å². The van der Waals surface area contributed by atoms with Gasteiger partial charge in [0.15, 0.2) is 5.78 Å². The summed E-state index contributed by atoms with van der Waals surface area (Å²) in [7, 11) is 0. The number of hydrogen-bond donors (Lipinski definition) is 0. The zero-order valence-corrected chi connectivity index (χ0v) is 9.64. The highest BCUT2D eigenvalue weighted by molar-refractivity contribution is 14.1. The Morgan fingerprint density at radius 1 is 1.55 bits per heavy atom. The summed E-state index contributed by atoms with van der Waals surface area (Å²) < 4.78 is 2.10. The van der Waals surface area contributed by atoms with Crippen LogP contribution in [-0.4, -0.2) is 5.78 Å². The fraction of sp³-hybridized carbons (Fsp3) is 0.125. The van der Waals surface area contributed by atoms with Gasteiger partial charge < -0.3 is 0 Å². The maximum Gasteiger partial charge on any atom is 0.159 e. The molecule has 0 saturated heterocycles. The van der Waals surface area contributed by atoms with E-state index < -0.39 is 0 Å². The van der Waals surface area contributed by atoms with E-state index in [2.05, 4.69) is 38.5 Å². The van der Waals surface area contributed by atoms with Crippen molar-refractivity contribution in [3.05, 3.63) is 31.8 Å². The molecule has 0 atom stereocenters. The molecule has 0 saturated carbocycles. The molecular weight excluding hydrogens is 319 g/mol. The molecule has 0 bridgehead atoms. The third-order valence-electron chi connectivity index (χ3n) is 1.33. The van der Waals surface area contributed by atoms with E-state index in [0.717, 1.165) is 13.6 Å². The largest absolute Gasteiger partial charge is 0.295 e. The molecule has 0 unspecified atom stereocenters. The third kappa shape index (κ3) is 2.27. The van der Waals surface area contributed by atoms with E-state index in [4.69, 9.17) is 0 Å². The smallest absolute Gasteiger partial charge is 0.159 e. The monoisotopic (exact) mass is 324 g/mol. The lowest BCUT2D eigenvalue weighted by Crippen LogP contribution is -1.91. The maximum atomic E-state index is 10.9. The van der Waals surface area contributed by atoms with Crippen molar-refractivity contribution in [3.8, 4) is 0 Å². The zero-order chi connectivity index (χ0) is 8.43. The fourth-order valence-electron chi connectivity index (χ4n) is 0.715. The van der Waals surface area contributed by atoms with Gasteiger partial charge in [0.1, 0.15) is 0 Å². The van der Waals surface area contributed by atoms with E-state index in [1.54, 1.807) is 6.92 Å². The molecule has 0 aliphatic rings. The number of carbonyl (C=O) groups excluding carboxylic acids is 1. The minimum Gasteiger partial charge on any atom is -0.295 e. The number of carbonyl (C=O) groups is 1. The quantitative estimate of drug-likeness (QED) is 0.572. The number of benzene rings is 1. The van der Waals surface area contributed by atoms with Gasteiger partial charge in [-0.05, 0) is 57.6 Å². The third-order valence-corrected chi connectivity index (χ3v) is 3.65. The van der Waals surface area contributed by atoms with Crippen LogP contribution in [0.5, 0.6) is 0 Å². The van der Waals surface area contributed by atoms with Crippen LogP contribution in [0.4, 0.5) is 0 Å². The minimum absolute atomic E-state index is 0.107. The molecule has 0 radical (unpaired) electrons. The molecule has 11 heavy (non-hydrogen) atoms. The first-order valence-corrected chi connectivity index (χ1v) is 4.94. The maximum absolute atomic E-state index is 10.9. The average molecular weight is 325 g/mol. The van der Waals surface area contributed by atoms with Crippen LogP contribution in [0.25, 0.3) is 0 Å². The standard InChI is InChI=1S/C8H6BrIO/c1-5(11)6-2-3-7(9)8(10)4-6/h2-4H,1H3. The van der Waals surface area contributed by atoms with Crippen LogP contribution in [0.1, 0.15) is 17.3 Å². The Morgan fingerprint density at radius 3 is 2.64 bits per heavy atom. The first-order valence-electron chi connectivity index (χ1n) is 3.07.